The molecule has 1 atom stereocenters. The highest BCUT2D eigenvalue weighted by Gasteiger charge is 2.17. The van der Waals surface area contributed by atoms with E-state index in [-0.39, 0.29) is 0 Å². The molecule has 18 heavy (non-hydrogen) atoms. The van der Waals surface area contributed by atoms with E-state index in [9.17, 15) is 0 Å². The van der Waals surface area contributed by atoms with Gasteiger partial charge in [0.2, 0.25) is 0 Å². The van der Waals surface area contributed by atoms with E-state index in [2.05, 4.69) is 44.6 Å². The Morgan fingerprint density at radius 2 is 1.89 bits per heavy atom. The second-order valence-electron chi connectivity index (χ2n) is 4.96. The third kappa shape index (κ3) is 3.35. The van der Waals surface area contributed by atoms with Gasteiger partial charge in [0.15, 0.2) is 0 Å². The van der Waals surface area contributed by atoms with Gasteiger partial charge in [0, 0.05) is 23.8 Å². The molecule has 1 aromatic heterocycles. The highest BCUT2D eigenvalue weighted by Crippen LogP contribution is 2.21. The molecule has 3 nitrogen and oxygen atoms in total. The molecule has 3 heteroatoms. The summed E-state index contributed by atoms with van der Waals surface area (Å²) in [6, 6.07) is 0.505. The van der Waals surface area contributed by atoms with E-state index >= 15 is 0 Å². The van der Waals surface area contributed by atoms with Crippen molar-refractivity contribution in [1.82, 2.24) is 15.1 Å². The van der Waals surface area contributed by atoms with Crippen LogP contribution in [-0.4, -0.2) is 16.3 Å². The Bertz CT molecular complexity index is 355. The molecular formula is C15H29N3. The monoisotopic (exact) mass is 251 g/mol. The normalized spacial score (nSPS) is 12.9. The minimum absolute atomic E-state index is 0.505. The van der Waals surface area contributed by atoms with Gasteiger partial charge in [0.25, 0.3) is 0 Å². The summed E-state index contributed by atoms with van der Waals surface area (Å²) in [5, 5.41) is 8.34. The van der Waals surface area contributed by atoms with E-state index < -0.39 is 0 Å². The molecule has 1 rings (SSSR count). The molecule has 104 valence electrons. The zero-order valence-electron chi connectivity index (χ0n) is 12.7. The summed E-state index contributed by atoms with van der Waals surface area (Å²) in [7, 11) is 0. The van der Waals surface area contributed by atoms with Crippen LogP contribution in [0.2, 0.25) is 0 Å². The summed E-state index contributed by atoms with van der Waals surface area (Å²) >= 11 is 0. The molecule has 0 aromatic carbocycles. The molecule has 0 spiro atoms. The van der Waals surface area contributed by atoms with Crippen molar-refractivity contribution < 1.29 is 0 Å². The van der Waals surface area contributed by atoms with Crippen molar-refractivity contribution >= 4 is 0 Å². The molecule has 0 aliphatic heterocycles. The third-order valence-corrected chi connectivity index (χ3v) is 3.61. The van der Waals surface area contributed by atoms with Gasteiger partial charge in [-0.15, -0.1) is 0 Å². The van der Waals surface area contributed by atoms with Gasteiger partial charge in [-0.25, -0.2) is 0 Å². The van der Waals surface area contributed by atoms with Crippen LogP contribution in [0.1, 0.15) is 70.5 Å². The Morgan fingerprint density at radius 3 is 2.39 bits per heavy atom. The highest BCUT2D eigenvalue weighted by atomic mass is 15.3. The standard InChI is InChI=1S/C15H29N3/c1-6-10-16-11-13-14(8-3)17-18(12(5)7-2)15(13)9-4/h12,16H,6-11H2,1-5H3. The lowest BCUT2D eigenvalue weighted by molar-refractivity contribution is 0.457. The fraction of sp³-hybridized carbons (Fsp3) is 0.800. The van der Waals surface area contributed by atoms with Crippen molar-refractivity contribution in [3.8, 4) is 0 Å². The quantitative estimate of drug-likeness (QED) is 0.717. The smallest absolute Gasteiger partial charge is 0.0669 e. The van der Waals surface area contributed by atoms with E-state index in [4.69, 9.17) is 5.10 Å². The van der Waals surface area contributed by atoms with Crippen molar-refractivity contribution in [2.24, 2.45) is 0 Å². The van der Waals surface area contributed by atoms with Crippen LogP contribution in [-0.2, 0) is 19.4 Å². The first-order valence-electron chi connectivity index (χ1n) is 7.49. The molecule has 1 unspecified atom stereocenters. The first-order valence-corrected chi connectivity index (χ1v) is 7.49. The van der Waals surface area contributed by atoms with Gasteiger partial charge >= 0.3 is 0 Å². The van der Waals surface area contributed by atoms with E-state index in [0.717, 1.165) is 32.4 Å². The number of aromatic nitrogens is 2. The van der Waals surface area contributed by atoms with Gasteiger partial charge in [0.1, 0.15) is 0 Å². The molecule has 0 saturated heterocycles. The van der Waals surface area contributed by atoms with Crippen LogP contribution < -0.4 is 5.32 Å². The fourth-order valence-corrected chi connectivity index (χ4v) is 2.35. The SMILES string of the molecule is CCCNCc1c(CC)nn(C(C)CC)c1CC. The summed E-state index contributed by atoms with van der Waals surface area (Å²) < 4.78 is 2.25. The van der Waals surface area contributed by atoms with Crippen LogP contribution >= 0.6 is 0 Å². The number of aryl methyl sites for hydroxylation is 1. The Kier molecular flexibility index (Phi) is 6.41. The summed E-state index contributed by atoms with van der Waals surface area (Å²) in [4.78, 5) is 0. The second kappa shape index (κ2) is 7.57. The molecule has 1 heterocycles. The van der Waals surface area contributed by atoms with Crippen LogP contribution in [0.25, 0.3) is 0 Å². The third-order valence-electron chi connectivity index (χ3n) is 3.61. The van der Waals surface area contributed by atoms with Crippen LogP contribution in [0, 0.1) is 0 Å². The number of nitrogens with one attached hydrogen (secondary N) is 1. The van der Waals surface area contributed by atoms with Gasteiger partial charge in [-0.05, 0) is 39.2 Å². The average Bonchev–Trinajstić information content (AvgIpc) is 2.76. The van der Waals surface area contributed by atoms with E-state index in [0.29, 0.717) is 6.04 Å². The minimum atomic E-state index is 0.505. The summed E-state index contributed by atoms with van der Waals surface area (Å²) in [6.45, 7) is 13.2. The van der Waals surface area contributed by atoms with Crippen molar-refractivity contribution in [2.45, 2.75) is 72.9 Å². The van der Waals surface area contributed by atoms with Crippen LogP contribution in [0.15, 0.2) is 0 Å². The Hall–Kier alpha value is -0.830. The molecule has 1 N–H and O–H groups in total. The molecular weight excluding hydrogens is 222 g/mol. The second-order valence-corrected chi connectivity index (χ2v) is 4.96. The molecule has 0 radical (unpaired) electrons. The zero-order valence-corrected chi connectivity index (χ0v) is 12.7. The lowest BCUT2D eigenvalue weighted by Crippen LogP contribution is -2.16. The van der Waals surface area contributed by atoms with Crippen molar-refractivity contribution in [3.05, 3.63) is 17.0 Å². The van der Waals surface area contributed by atoms with Crippen molar-refractivity contribution in [3.63, 3.8) is 0 Å². The van der Waals surface area contributed by atoms with Crippen molar-refractivity contribution in [1.29, 1.82) is 0 Å². The van der Waals surface area contributed by atoms with E-state index in [1.165, 1.54) is 23.4 Å². The Balaban J connectivity index is 3.00. The van der Waals surface area contributed by atoms with E-state index in [1.807, 2.05) is 0 Å². The topological polar surface area (TPSA) is 29.9 Å². The zero-order chi connectivity index (χ0) is 13.5. The molecule has 0 aliphatic carbocycles. The maximum Gasteiger partial charge on any atom is 0.0669 e. The lowest BCUT2D eigenvalue weighted by atomic mass is 10.1. The summed E-state index contributed by atoms with van der Waals surface area (Å²) in [6.07, 6.45) is 4.42. The first-order chi connectivity index (χ1) is 8.69. The fourth-order valence-electron chi connectivity index (χ4n) is 2.35. The van der Waals surface area contributed by atoms with Gasteiger partial charge in [0.05, 0.1) is 5.69 Å². The maximum absolute atomic E-state index is 4.83. The average molecular weight is 251 g/mol. The lowest BCUT2D eigenvalue weighted by Gasteiger charge is -2.14. The molecule has 0 saturated carbocycles. The van der Waals surface area contributed by atoms with Gasteiger partial charge in [-0.3, -0.25) is 4.68 Å². The number of nitrogens with zero attached hydrogens (tertiary/aromatic N) is 2. The predicted molar refractivity (Wildman–Crippen MR) is 78.0 cm³/mol. The molecule has 0 aliphatic rings. The molecule has 0 bridgehead atoms. The van der Waals surface area contributed by atoms with Gasteiger partial charge in [-0.2, -0.15) is 5.10 Å². The van der Waals surface area contributed by atoms with Gasteiger partial charge < -0.3 is 5.32 Å². The van der Waals surface area contributed by atoms with Crippen molar-refractivity contribution in [2.75, 3.05) is 6.54 Å². The number of rotatable bonds is 8. The van der Waals surface area contributed by atoms with Crippen LogP contribution in [0.4, 0.5) is 0 Å². The summed E-state index contributed by atoms with van der Waals surface area (Å²) in [5.74, 6) is 0. The Labute approximate surface area is 112 Å². The summed E-state index contributed by atoms with van der Waals surface area (Å²) in [5.41, 5.74) is 4.13. The maximum atomic E-state index is 4.83. The predicted octanol–water partition coefficient (Wildman–Crippen LogP) is 3.48. The van der Waals surface area contributed by atoms with E-state index in [1.54, 1.807) is 0 Å². The minimum Gasteiger partial charge on any atom is -0.313 e. The molecule has 0 amide bonds. The highest BCUT2D eigenvalue weighted by molar-refractivity contribution is 5.27. The van der Waals surface area contributed by atoms with Crippen LogP contribution in [0.5, 0.6) is 0 Å². The largest absolute Gasteiger partial charge is 0.313 e. The Morgan fingerprint density at radius 1 is 1.17 bits per heavy atom. The first kappa shape index (κ1) is 15.2. The molecule has 0 fully saturated rings. The number of hydrogen-bond donors (Lipinski definition) is 1. The number of hydrogen-bond acceptors (Lipinski definition) is 2. The van der Waals surface area contributed by atoms with Crippen LogP contribution in [0.3, 0.4) is 0 Å². The molecule has 1 aromatic rings. The van der Waals surface area contributed by atoms with Gasteiger partial charge in [-0.1, -0.05) is 27.7 Å².